The van der Waals surface area contributed by atoms with Crippen molar-refractivity contribution in [2.75, 3.05) is 19.8 Å². The predicted octanol–water partition coefficient (Wildman–Crippen LogP) is 3.90. The quantitative estimate of drug-likeness (QED) is 0.738. The van der Waals surface area contributed by atoms with Gasteiger partial charge in [0.05, 0.1) is 11.8 Å². The van der Waals surface area contributed by atoms with Gasteiger partial charge in [0.15, 0.2) is 6.23 Å². The second-order valence-electron chi connectivity index (χ2n) is 7.52. The molecule has 2 aliphatic rings. The second kappa shape index (κ2) is 8.95. The molecule has 1 aromatic heterocycles. The van der Waals surface area contributed by atoms with Crippen LogP contribution in [0.15, 0.2) is 36.5 Å². The smallest absolute Gasteiger partial charge is 0.150 e. The lowest BCUT2D eigenvalue weighted by atomic mass is 10.1. The van der Waals surface area contributed by atoms with E-state index in [0.29, 0.717) is 6.54 Å². The summed E-state index contributed by atoms with van der Waals surface area (Å²) in [4.78, 5) is 2.33. The van der Waals surface area contributed by atoms with Crippen molar-refractivity contribution in [3.8, 4) is 0 Å². The third kappa shape index (κ3) is 4.94. The first-order valence-electron chi connectivity index (χ1n) is 10.0. The molecule has 27 heavy (non-hydrogen) atoms. The summed E-state index contributed by atoms with van der Waals surface area (Å²) in [6, 6.07) is 8.92. The molecule has 0 N–H and O–H groups in total. The summed E-state index contributed by atoms with van der Waals surface area (Å²) >= 11 is 0. The van der Waals surface area contributed by atoms with Crippen molar-refractivity contribution in [3.63, 3.8) is 0 Å². The fourth-order valence-electron chi connectivity index (χ4n) is 4.03. The topological polar surface area (TPSA) is 39.5 Å². The van der Waals surface area contributed by atoms with Crippen LogP contribution in [-0.2, 0) is 22.6 Å². The van der Waals surface area contributed by atoms with Gasteiger partial charge in [-0.3, -0.25) is 4.90 Å². The van der Waals surface area contributed by atoms with Crippen LogP contribution in [0.25, 0.3) is 0 Å². The summed E-state index contributed by atoms with van der Waals surface area (Å²) in [5.41, 5.74) is 2.12. The maximum atomic E-state index is 13.6. The van der Waals surface area contributed by atoms with Gasteiger partial charge in [-0.1, -0.05) is 12.1 Å². The van der Waals surface area contributed by atoms with Crippen molar-refractivity contribution < 1.29 is 13.9 Å². The lowest BCUT2D eigenvalue weighted by molar-refractivity contribution is -0.0424. The van der Waals surface area contributed by atoms with Gasteiger partial charge < -0.3 is 9.47 Å². The van der Waals surface area contributed by atoms with Crippen LogP contribution in [0.4, 0.5) is 4.39 Å². The first-order chi connectivity index (χ1) is 13.3. The number of halogens is 1. The Kier molecular flexibility index (Phi) is 6.17. The third-order valence-corrected chi connectivity index (χ3v) is 5.35. The molecule has 0 aliphatic carbocycles. The lowest BCUT2D eigenvalue weighted by Gasteiger charge is -2.28. The Labute approximate surface area is 160 Å². The number of aromatic nitrogens is 2. The van der Waals surface area contributed by atoms with Crippen LogP contribution in [0.3, 0.4) is 0 Å². The SMILES string of the molecule is Fc1cccc(CN(Cc2ccnn2[C@H]2CCCCO2)C[C@@H]2CCCO2)c1. The minimum absolute atomic E-state index is 0.0301. The van der Waals surface area contributed by atoms with E-state index in [1.807, 2.05) is 16.9 Å². The molecule has 2 fully saturated rings. The summed E-state index contributed by atoms with van der Waals surface area (Å²) in [5.74, 6) is -0.190. The van der Waals surface area contributed by atoms with Gasteiger partial charge in [0.25, 0.3) is 0 Å². The Morgan fingerprint density at radius 2 is 2.00 bits per heavy atom. The first-order valence-corrected chi connectivity index (χ1v) is 10.0. The van der Waals surface area contributed by atoms with Crippen molar-refractivity contribution in [1.29, 1.82) is 0 Å². The number of hydrogen-bond donors (Lipinski definition) is 0. The molecule has 2 saturated heterocycles. The molecular formula is C21H28FN3O2. The Morgan fingerprint density at radius 1 is 1.07 bits per heavy atom. The van der Waals surface area contributed by atoms with Crippen LogP contribution < -0.4 is 0 Å². The Bertz CT molecular complexity index is 724. The normalized spacial score (nSPS) is 23.2. The van der Waals surface area contributed by atoms with E-state index in [1.54, 1.807) is 12.1 Å². The lowest BCUT2D eigenvalue weighted by Crippen LogP contribution is -2.33. The molecule has 146 valence electrons. The monoisotopic (exact) mass is 373 g/mol. The van der Waals surface area contributed by atoms with E-state index in [2.05, 4.69) is 16.1 Å². The number of nitrogens with zero attached hydrogens (tertiary/aromatic N) is 3. The van der Waals surface area contributed by atoms with Crippen LogP contribution in [0.1, 0.15) is 49.6 Å². The van der Waals surface area contributed by atoms with Crippen molar-refractivity contribution in [1.82, 2.24) is 14.7 Å². The number of ether oxygens (including phenoxy) is 2. The predicted molar refractivity (Wildman–Crippen MR) is 101 cm³/mol. The van der Waals surface area contributed by atoms with Crippen molar-refractivity contribution >= 4 is 0 Å². The molecule has 2 atom stereocenters. The largest absolute Gasteiger partial charge is 0.377 e. The highest BCUT2D eigenvalue weighted by Gasteiger charge is 2.23. The maximum Gasteiger partial charge on any atom is 0.150 e. The summed E-state index contributed by atoms with van der Waals surface area (Å²) in [5, 5.41) is 4.52. The van der Waals surface area contributed by atoms with Crippen LogP contribution in [0.5, 0.6) is 0 Å². The molecule has 0 radical (unpaired) electrons. The summed E-state index contributed by atoms with van der Waals surface area (Å²) in [7, 11) is 0. The standard InChI is InChI=1S/C21H28FN3O2/c22-18-6-3-5-17(13-18)14-24(16-20-7-4-12-26-20)15-19-9-10-23-25(19)21-8-1-2-11-27-21/h3,5-6,9-10,13,20-21H,1-2,4,7-8,11-12,14-16H2/t20-,21+/m0/s1. The van der Waals surface area contributed by atoms with Crippen molar-refractivity contribution in [3.05, 3.63) is 53.6 Å². The van der Waals surface area contributed by atoms with Gasteiger partial charge in [-0.05, 0) is 55.9 Å². The number of hydrogen-bond acceptors (Lipinski definition) is 4. The highest BCUT2D eigenvalue weighted by Crippen LogP contribution is 2.24. The van der Waals surface area contributed by atoms with Gasteiger partial charge in [0, 0.05) is 39.0 Å². The fourth-order valence-corrected chi connectivity index (χ4v) is 4.03. The van der Waals surface area contributed by atoms with Crippen molar-refractivity contribution in [2.45, 2.75) is 57.5 Å². The van der Waals surface area contributed by atoms with Gasteiger partial charge >= 0.3 is 0 Å². The molecule has 2 aliphatic heterocycles. The fraction of sp³-hybridized carbons (Fsp3) is 0.571. The molecule has 5 nitrogen and oxygen atoms in total. The zero-order chi connectivity index (χ0) is 18.5. The average molecular weight is 373 g/mol. The molecule has 1 aromatic carbocycles. The molecule has 0 amide bonds. The van der Waals surface area contributed by atoms with Gasteiger partial charge in [-0.25, -0.2) is 9.07 Å². The molecule has 0 saturated carbocycles. The minimum atomic E-state index is -0.190. The van der Waals surface area contributed by atoms with Gasteiger partial charge in [-0.15, -0.1) is 0 Å². The highest BCUT2D eigenvalue weighted by molar-refractivity contribution is 5.16. The zero-order valence-corrected chi connectivity index (χ0v) is 15.7. The van der Waals surface area contributed by atoms with E-state index in [4.69, 9.17) is 9.47 Å². The molecule has 0 spiro atoms. The van der Waals surface area contributed by atoms with Gasteiger partial charge in [0.1, 0.15) is 5.82 Å². The van der Waals surface area contributed by atoms with E-state index in [1.165, 1.54) is 12.5 Å². The second-order valence-corrected chi connectivity index (χ2v) is 7.52. The molecule has 3 heterocycles. The maximum absolute atomic E-state index is 13.6. The molecular weight excluding hydrogens is 345 g/mol. The third-order valence-electron chi connectivity index (χ3n) is 5.35. The molecule has 2 aromatic rings. The first kappa shape index (κ1) is 18.6. The van der Waals surface area contributed by atoms with Crippen LogP contribution >= 0.6 is 0 Å². The Hall–Kier alpha value is -1.76. The van der Waals surface area contributed by atoms with E-state index >= 15 is 0 Å². The number of benzene rings is 1. The minimum Gasteiger partial charge on any atom is -0.377 e. The van der Waals surface area contributed by atoms with Crippen LogP contribution in [0, 0.1) is 5.82 Å². The summed E-state index contributed by atoms with van der Waals surface area (Å²) in [6.45, 7) is 3.91. The van der Waals surface area contributed by atoms with Gasteiger partial charge in [-0.2, -0.15) is 5.10 Å². The molecule has 0 unspecified atom stereocenters. The average Bonchev–Trinajstić information content (AvgIpc) is 3.34. The Balaban J connectivity index is 1.49. The zero-order valence-electron chi connectivity index (χ0n) is 15.7. The molecule has 4 rings (SSSR count). The highest BCUT2D eigenvalue weighted by atomic mass is 19.1. The molecule has 6 heteroatoms. The van der Waals surface area contributed by atoms with E-state index < -0.39 is 0 Å². The van der Waals surface area contributed by atoms with Crippen LogP contribution in [0.2, 0.25) is 0 Å². The molecule has 0 bridgehead atoms. The Morgan fingerprint density at radius 3 is 2.78 bits per heavy atom. The van der Waals surface area contributed by atoms with Crippen LogP contribution in [-0.4, -0.2) is 40.5 Å². The van der Waals surface area contributed by atoms with E-state index in [9.17, 15) is 4.39 Å². The summed E-state index contributed by atoms with van der Waals surface area (Å²) < 4.78 is 27.4. The number of rotatable bonds is 7. The van der Waals surface area contributed by atoms with Gasteiger partial charge in [0.2, 0.25) is 0 Å². The van der Waals surface area contributed by atoms with Crippen molar-refractivity contribution in [2.24, 2.45) is 0 Å². The summed E-state index contributed by atoms with van der Waals surface area (Å²) in [6.07, 6.45) is 7.63. The van der Waals surface area contributed by atoms with E-state index in [-0.39, 0.29) is 18.1 Å². The van der Waals surface area contributed by atoms with E-state index in [0.717, 1.165) is 63.2 Å².